The fourth-order valence-corrected chi connectivity index (χ4v) is 2.32. The molecule has 0 N–H and O–H groups in total. The van der Waals surface area contributed by atoms with Crippen LogP contribution in [0, 0.1) is 0 Å². The van der Waals surface area contributed by atoms with E-state index >= 15 is 0 Å². The van der Waals surface area contributed by atoms with Crippen LogP contribution in [-0.4, -0.2) is 24.1 Å². The first-order valence-electron chi connectivity index (χ1n) is 6.72. The third-order valence-electron chi connectivity index (χ3n) is 3.15. The Balaban J connectivity index is 0.00000162. The van der Waals surface area contributed by atoms with E-state index in [0.717, 1.165) is 12.3 Å². The Kier molecular flexibility index (Phi) is 6.20. The van der Waals surface area contributed by atoms with Crippen molar-refractivity contribution in [3.8, 4) is 5.75 Å². The monoisotopic (exact) mass is 249 g/mol. The highest BCUT2D eigenvalue weighted by molar-refractivity contribution is 5.27. The molecule has 0 atom stereocenters. The molecule has 1 aliphatic rings. The molecule has 0 spiro atoms. The molecule has 0 aliphatic carbocycles. The molecule has 1 aromatic carbocycles. The van der Waals surface area contributed by atoms with Crippen molar-refractivity contribution in [2.45, 2.75) is 53.2 Å². The summed E-state index contributed by atoms with van der Waals surface area (Å²) in [7, 11) is 0. The van der Waals surface area contributed by atoms with Gasteiger partial charge in [0.25, 0.3) is 0 Å². The number of ether oxygens (including phenoxy) is 1. The topological polar surface area (TPSA) is 12.5 Å². The largest absolute Gasteiger partial charge is 0.491 e. The Morgan fingerprint density at radius 2 is 1.67 bits per heavy atom. The molecule has 1 aliphatic heterocycles. The highest BCUT2D eigenvalue weighted by Gasteiger charge is 2.10. The Hall–Kier alpha value is -1.02. The molecule has 0 unspecified atom stereocenters. The van der Waals surface area contributed by atoms with Gasteiger partial charge in [0.05, 0.1) is 6.10 Å². The number of benzene rings is 1. The van der Waals surface area contributed by atoms with Crippen LogP contribution in [0.15, 0.2) is 24.3 Å². The van der Waals surface area contributed by atoms with Gasteiger partial charge in [-0.2, -0.15) is 0 Å². The third-order valence-corrected chi connectivity index (χ3v) is 3.15. The summed E-state index contributed by atoms with van der Waals surface area (Å²) in [6.07, 6.45) is 4.36. The van der Waals surface area contributed by atoms with Crippen LogP contribution in [0.4, 0.5) is 0 Å². The zero-order valence-corrected chi connectivity index (χ0v) is 11.0. The molecule has 2 rings (SSSR count). The number of rotatable bonds is 4. The van der Waals surface area contributed by atoms with Crippen LogP contribution in [0.25, 0.3) is 0 Å². The predicted octanol–water partition coefficient (Wildman–Crippen LogP) is 4.10. The molecular formula is C16H27NO. The van der Waals surface area contributed by atoms with Crippen molar-refractivity contribution in [2.75, 3.05) is 13.1 Å². The van der Waals surface area contributed by atoms with Crippen LogP contribution in [0.1, 0.15) is 46.1 Å². The molecule has 1 aromatic rings. The highest BCUT2D eigenvalue weighted by Crippen LogP contribution is 2.17. The van der Waals surface area contributed by atoms with Gasteiger partial charge in [-0.3, -0.25) is 4.90 Å². The zero-order chi connectivity index (χ0) is 12.1. The van der Waals surface area contributed by atoms with E-state index in [-0.39, 0.29) is 13.5 Å². The Bertz CT molecular complexity index is 325. The summed E-state index contributed by atoms with van der Waals surface area (Å²) in [5.41, 5.74) is 1.39. The van der Waals surface area contributed by atoms with Gasteiger partial charge in [0.15, 0.2) is 0 Å². The smallest absolute Gasteiger partial charge is 0.119 e. The highest BCUT2D eigenvalue weighted by atomic mass is 16.5. The normalized spacial score (nSPS) is 16.4. The molecule has 102 valence electrons. The maximum absolute atomic E-state index is 5.65. The molecule has 18 heavy (non-hydrogen) atoms. The standard InChI is InChI=1S/C15H23NO.CH4/c1-13(2)17-15-8-6-14(7-9-15)12-16-10-4-3-5-11-16;/h6-9,13H,3-5,10-12H2,1-2H3;1H4. The van der Waals surface area contributed by atoms with Gasteiger partial charge >= 0.3 is 0 Å². The van der Waals surface area contributed by atoms with E-state index in [1.807, 2.05) is 0 Å². The van der Waals surface area contributed by atoms with Gasteiger partial charge in [0.1, 0.15) is 5.75 Å². The number of nitrogens with zero attached hydrogens (tertiary/aromatic N) is 1. The fourth-order valence-electron chi connectivity index (χ4n) is 2.32. The Morgan fingerprint density at radius 1 is 1.06 bits per heavy atom. The van der Waals surface area contributed by atoms with Crippen LogP contribution in [0.2, 0.25) is 0 Å². The van der Waals surface area contributed by atoms with E-state index in [0.29, 0.717) is 0 Å². The van der Waals surface area contributed by atoms with E-state index in [9.17, 15) is 0 Å². The van der Waals surface area contributed by atoms with Gasteiger partial charge < -0.3 is 4.74 Å². The molecular weight excluding hydrogens is 222 g/mol. The fraction of sp³-hybridized carbons (Fsp3) is 0.625. The third kappa shape index (κ3) is 4.69. The van der Waals surface area contributed by atoms with Crippen LogP contribution in [0.3, 0.4) is 0 Å². The summed E-state index contributed by atoms with van der Waals surface area (Å²) in [6, 6.07) is 8.54. The molecule has 0 bridgehead atoms. The lowest BCUT2D eigenvalue weighted by molar-refractivity contribution is 0.220. The SMILES string of the molecule is C.CC(C)Oc1ccc(CN2CCCCC2)cc1. The lowest BCUT2D eigenvalue weighted by atomic mass is 10.1. The van der Waals surface area contributed by atoms with E-state index in [2.05, 4.69) is 43.0 Å². The lowest BCUT2D eigenvalue weighted by Crippen LogP contribution is -2.29. The van der Waals surface area contributed by atoms with Gasteiger partial charge in [-0.1, -0.05) is 26.0 Å². The van der Waals surface area contributed by atoms with Crippen molar-refractivity contribution >= 4 is 0 Å². The van der Waals surface area contributed by atoms with Crippen molar-refractivity contribution in [3.63, 3.8) is 0 Å². The van der Waals surface area contributed by atoms with Gasteiger partial charge in [-0.05, 0) is 57.5 Å². The summed E-state index contributed by atoms with van der Waals surface area (Å²) >= 11 is 0. The second-order valence-corrected chi connectivity index (χ2v) is 5.15. The number of hydrogen-bond acceptors (Lipinski definition) is 2. The van der Waals surface area contributed by atoms with E-state index in [1.54, 1.807) is 0 Å². The first-order chi connectivity index (χ1) is 8.24. The summed E-state index contributed by atoms with van der Waals surface area (Å²) in [5.74, 6) is 0.974. The number of piperidine rings is 1. The second-order valence-electron chi connectivity index (χ2n) is 5.15. The lowest BCUT2D eigenvalue weighted by Gasteiger charge is -2.26. The molecule has 1 fully saturated rings. The van der Waals surface area contributed by atoms with Crippen LogP contribution >= 0.6 is 0 Å². The molecule has 2 nitrogen and oxygen atoms in total. The van der Waals surface area contributed by atoms with Gasteiger partial charge in [-0.15, -0.1) is 0 Å². The summed E-state index contributed by atoms with van der Waals surface area (Å²) in [5, 5.41) is 0. The molecule has 1 heterocycles. The van der Waals surface area contributed by atoms with Crippen molar-refractivity contribution in [3.05, 3.63) is 29.8 Å². The molecule has 0 radical (unpaired) electrons. The quantitative estimate of drug-likeness (QED) is 0.796. The van der Waals surface area contributed by atoms with Crippen molar-refractivity contribution in [1.82, 2.24) is 4.90 Å². The van der Waals surface area contributed by atoms with Crippen LogP contribution < -0.4 is 4.74 Å². The van der Waals surface area contributed by atoms with Gasteiger partial charge in [0.2, 0.25) is 0 Å². The molecule has 0 saturated carbocycles. The van der Waals surface area contributed by atoms with Crippen molar-refractivity contribution < 1.29 is 4.74 Å². The molecule has 2 heteroatoms. The van der Waals surface area contributed by atoms with Crippen LogP contribution in [-0.2, 0) is 6.54 Å². The maximum atomic E-state index is 5.65. The number of hydrogen-bond donors (Lipinski definition) is 0. The second kappa shape index (κ2) is 7.42. The number of likely N-dealkylation sites (tertiary alicyclic amines) is 1. The maximum Gasteiger partial charge on any atom is 0.119 e. The van der Waals surface area contributed by atoms with Gasteiger partial charge in [0, 0.05) is 6.54 Å². The summed E-state index contributed by atoms with van der Waals surface area (Å²) < 4.78 is 5.65. The average Bonchev–Trinajstić information content (AvgIpc) is 2.32. The van der Waals surface area contributed by atoms with Crippen LogP contribution in [0.5, 0.6) is 5.75 Å². The minimum Gasteiger partial charge on any atom is -0.491 e. The summed E-state index contributed by atoms with van der Waals surface area (Å²) in [4.78, 5) is 2.54. The molecule has 0 amide bonds. The van der Waals surface area contributed by atoms with Gasteiger partial charge in [-0.25, -0.2) is 0 Å². The molecule has 0 aromatic heterocycles. The van der Waals surface area contributed by atoms with Crippen molar-refractivity contribution in [2.24, 2.45) is 0 Å². The van der Waals surface area contributed by atoms with E-state index < -0.39 is 0 Å². The first-order valence-corrected chi connectivity index (χ1v) is 6.72. The minimum absolute atomic E-state index is 0. The molecule has 1 saturated heterocycles. The van der Waals surface area contributed by atoms with Crippen molar-refractivity contribution in [1.29, 1.82) is 0 Å². The Labute approximate surface area is 112 Å². The van der Waals surface area contributed by atoms with E-state index in [1.165, 1.54) is 37.9 Å². The summed E-state index contributed by atoms with van der Waals surface area (Å²) in [6.45, 7) is 7.71. The average molecular weight is 249 g/mol. The van der Waals surface area contributed by atoms with E-state index in [4.69, 9.17) is 4.74 Å². The first kappa shape index (κ1) is 15.0. The zero-order valence-electron chi connectivity index (χ0n) is 11.0. The minimum atomic E-state index is 0. The predicted molar refractivity (Wildman–Crippen MR) is 78.1 cm³/mol. The Morgan fingerprint density at radius 3 is 2.22 bits per heavy atom.